The third kappa shape index (κ3) is 5.59. The molecule has 0 aliphatic heterocycles. The number of fused-ring (bicyclic) bond motifs is 1. The first kappa shape index (κ1) is 21.4. The summed E-state index contributed by atoms with van der Waals surface area (Å²) >= 11 is 0. The molecule has 1 aromatic heterocycles. The molecule has 0 amide bonds. The van der Waals surface area contributed by atoms with Crippen LogP contribution in [0.2, 0.25) is 0 Å². The molecule has 0 bridgehead atoms. The van der Waals surface area contributed by atoms with Crippen molar-refractivity contribution in [2.75, 3.05) is 0 Å². The van der Waals surface area contributed by atoms with Crippen molar-refractivity contribution in [2.24, 2.45) is 0 Å². The van der Waals surface area contributed by atoms with Crippen molar-refractivity contribution in [1.29, 1.82) is 0 Å². The van der Waals surface area contributed by atoms with E-state index in [0.29, 0.717) is 17.4 Å². The van der Waals surface area contributed by atoms with Crippen molar-refractivity contribution >= 4 is 11.0 Å². The molecule has 29 heavy (non-hydrogen) atoms. The topological polar surface area (TPSA) is 50.9 Å². The summed E-state index contributed by atoms with van der Waals surface area (Å²) < 4.78 is 0. The number of unbranched alkanes of at least 4 members (excludes halogenated alkanes) is 7. The number of nitrogens with zero attached hydrogens (tertiary/aromatic N) is 3. The third-order valence-electron chi connectivity index (χ3n) is 5.79. The monoisotopic (exact) mass is 393 g/mol. The van der Waals surface area contributed by atoms with E-state index in [0.717, 1.165) is 28.6 Å². The highest BCUT2D eigenvalue weighted by atomic mass is 16.3. The highest BCUT2D eigenvalue weighted by molar-refractivity contribution is 5.73. The maximum absolute atomic E-state index is 11.0. The number of benzene rings is 2. The van der Waals surface area contributed by atoms with Gasteiger partial charge in [-0.25, -0.2) is 0 Å². The molecule has 156 valence electrons. The number of phenolic OH excluding ortho intramolecular Hbond substituents is 1. The van der Waals surface area contributed by atoms with Gasteiger partial charge in [0.2, 0.25) is 0 Å². The molecule has 0 saturated heterocycles. The number of phenols is 1. The molecule has 1 heterocycles. The highest BCUT2D eigenvalue weighted by Gasteiger charge is 2.17. The van der Waals surface area contributed by atoms with Gasteiger partial charge in [0.25, 0.3) is 0 Å². The average molecular weight is 394 g/mol. The van der Waals surface area contributed by atoms with Gasteiger partial charge in [-0.3, -0.25) is 0 Å². The van der Waals surface area contributed by atoms with E-state index < -0.39 is 0 Å². The smallest absolute Gasteiger partial charge is 0.146 e. The predicted octanol–water partition coefficient (Wildman–Crippen LogP) is 7.07. The van der Waals surface area contributed by atoms with Crippen LogP contribution in [0.3, 0.4) is 0 Å². The summed E-state index contributed by atoms with van der Waals surface area (Å²) in [5, 5.41) is 20.1. The van der Waals surface area contributed by atoms with Crippen LogP contribution in [0.25, 0.3) is 16.7 Å². The van der Waals surface area contributed by atoms with Crippen LogP contribution in [0.1, 0.15) is 88.7 Å². The fourth-order valence-corrected chi connectivity index (χ4v) is 4.02. The number of aromatic hydroxyl groups is 1. The summed E-state index contributed by atoms with van der Waals surface area (Å²) in [6.45, 7) is 6.55. The Morgan fingerprint density at radius 3 is 2.10 bits per heavy atom. The normalized spacial score (nSPS) is 12.5. The highest BCUT2D eigenvalue weighted by Crippen LogP contribution is 2.35. The molecule has 3 rings (SSSR count). The Kier molecular flexibility index (Phi) is 7.68. The van der Waals surface area contributed by atoms with Crippen LogP contribution in [0.4, 0.5) is 0 Å². The molecule has 4 nitrogen and oxygen atoms in total. The maximum atomic E-state index is 11.0. The lowest BCUT2D eigenvalue weighted by Crippen LogP contribution is -2.04. The van der Waals surface area contributed by atoms with Gasteiger partial charge in [0.15, 0.2) is 0 Å². The van der Waals surface area contributed by atoms with Crippen LogP contribution >= 0.6 is 0 Å². The molecule has 0 saturated carbocycles. The molecular formula is C25H35N3O. The summed E-state index contributed by atoms with van der Waals surface area (Å²) in [6, 6.07) is 11.9. The van der Waals surface area contributed by atoms with Crippen LogP contribution in [0.5, 0.6) is 5.75 Å². The molecule has 2 aromatic carbocycles. The molecule has 0 radical (unpaired) electrons. The van der Waals surface area contributed by atoms with Crippen molar-refractivity contribution in [3.8, 4) is 11.4 Å². The van der Waals surface area contributed by atoms with E-state index in [1.807, 2.05) is 30.3 Å². The summed E-state index contributed by atoms with van der Waals surface area (Å²) in [5.74, 6) is 0.627. The first-order valence-electron chi connectivity index (χ1n) is 11.3. The van der Waals surface area contributed by atoms with Crippen molar-refractivity contribution in [3.05, 3.63) is 47.5 Å². The van der Waals surface area contributed by atoms with Crippen LogP contribution < -0.4 is 0 Å². The van der Waals surface area contributed by atoms with E-state index in [1.54, 1.807) is 4.80 Å². The third-order valence-corrected chi connectivity index (χ3v) is 5.79. The van der Waals surface area contributed by atoms with Gasteiger partial charge in [0.05, 0.1) is 0 Å². The Bertz CT molecular complexity index is 883. The lowest BCUT2D eigenvalue weighted by molar-refractivity contribution is 0.450. The van der Waals surface area contributed by atoms with E-state index in [9.17, 15) is 5.11 Å². The molecule has 0 fully saturated rings. The Balaban J connectivity index is 1.64. The summed E-state index contributed by atoms with van der Waals surface area (Å²) in [6.07, 6.45) is 11.7. The quantitative estimate of drug-likeness (QED) is 0.354. The van der Waals surface area contributed by atoms with Gasteiger partial charge in [-0.2, -0.15) is 0 Å². The largest absolute Gasteiger partial charge is 0.505 e. The SMILES string of the molecule is CCCCCCCCCCC(C)c1cc(C)cc(-n2nc3ccccc3n2)c1O. The summed E-state index contributed by atoms with van der Waals surface area (Å²) in [7, 11) is 0. The van der Waals surface area contributed by atoms with Gasteiger partial charge in [0.1, 0.15) is 22.5 Å². The fraction of sp³-hybridized carbons (Fsp3) is 0.520. The molecule has 1 atom stereocenters. The molecular weight excluding hydrogens is 358 g/mol. The average Bonchev–Trinajstić information content (AvgIpc) is 3.15. The zero-order valence-corrected chi connectivity index (χ0v) is 18.2. The van der Waals surface area contributed by atoms with E-state index in [4.69, 9.17) is 0 Å². The number of rotatable bonds is 11. The molecule has 4 heteroatoms. The standard InChI is InChI=1S/C25H35N3O/c1-4-5-6-7-8-9-10-11-14-20(3)21-17-19(2)18-24(25(21)29)28-26-22-15-12-13-16-23(22)27-28/h12-13,15-18,20,29H,4-11,14H2,1-3H3. The first-order valence-corrected chi connectivity index (χ1v) is 11.3. The zero-order valence-electron chi connectivity index (χ0n) is 18.2. The maximum Gasteiger partial charge on any atom is 0.146 e. The van der Waals surface area contributed by atoms with E-state index in [2.05, 4.69) is 37.0 Å². The van der Waals surface area contributed by atoms with Gasteiger partial charge in [0, 0.05) is 0 Å². The molecule has 1 unspecified atom stereocenters. The zero-order chi connectivity index (χ0) is 20.6. The second-order valence-corrected chi connectivity index (χ2v) is 8.36. The van der Waals surface area contributed by atoms with Crippen LogP contribution in [0.15, 0.2) is 36.4 Å². The van der Waals surface area contributed by atoms with Crippen LogP contribution in [-0.4, -0.2) is 20.1 Å². The molecule has 0 aliphatic rings. The lowest BCUT2D eigenvalue weighted by atomic mass is 9.92. The molecule has 0 aliphatic carbocycles. The van der Waals surface area contributed by atoms with Crippen molar-refractivity contribution in [2.45, 2.75) is 84.5 Å². The van der Waals surface area contributed by atoms with Gasteiger partial charge >= 0.3 is 0 Å². The van der Waals surface area contributed by atoms with Gasteiger partial charge in [-0.05, 0) is 48.6 Å². The molecule has 3 aromatic rings. The Labute approximate surface area is 175 Å². The van der Waals surface area contributed by atoms with Crippen LogP contribution in [-0.2, 0) is 0 Å². The number of hydrogen-bond donors (Lipinski definition) is 1. The second kappa shape index (κ2) is 10.4. The van der Waals surface area contributed by atoms with E-state index in [1.165, 1.54) is 51.4 Å². The number of aryl methyl sites for hydroxylation is 1. The molecule has 0 spiro atoms. The Hall–Kier alpha value is -2.36. The van der Waals surface area contributed by atoms with Crippen molar-refractivity contribution in [1.82, 2.24) is 15.0 Å². The minimum Gasteiger partial charge on any atom is -0.505 e. The van der Waals surface area contributed by atoms with Crippen molar-refractivity contribution < 1.29 is 5.11 Å². The van der Waals surface area contributed by atoms with E-state index in [-0.39, 0.29) is 0 Å². The summed E-state index contributed by atoms with van der Waals surface area (Å²) in [5.41, 5.74) is 4.46. The summed E-state index contributed by atoms with van der Waals surface area (Å²) in [4.78, 5) is 1.57. The Morgan fingerprint density at radius 2 is 1.48 bits per heavy atom. The molecule has 1 N–H and O–H groups in total. The minimum absolute atomic E-state index is 0.308. The fourth-order valence-electron chi connectivity index (χ4n) is 4.02. The Morgan fingerprint density at radius 1 is 0.897 bits per heavy atom. The predicted molar refractivity (Wildman–Crippen MR) is 121 cm³/mol. The number of hydrogen-bond acceptors (Lipinski definition) is 3. The lowest BCUT2D eigenvalue weighted by Gasteiger charge is -2.17. The van der Waals surface area contributed by atoms with Crippen molar-refractivity contribution in [3.63, 3.8) is 0 Å². The van der Waals surface area contributed by atoms with Gasteiger partial charge < -0.3 is 5.11 Å². The van der Waals surface area contributed by atoms with Crippen LogP contribution in [0, 0.1) is 6.92 Å². The van der Waals surface area contributed by atoms with E-state index >= 15 is 0 Å². The van der Waals surface area contributed by atoms with Gasteiger partial charge in [-0.1, -0.05) is 83.4 Å². The first-order chi connectivity index (χ1) is 14.1. The van der Waals surface area contributed by atoms with Gasteiger partial charge in [-0.15, -0.1) is 15.0 Å². The minimum atomic E-state index is 0.308. The second-order valence-electron chi connectivity index (χ2n) is 8.36. The number of aromatic nitrogens is 3.